The van der Waals surface area contributed by atoms with Crippen LogP contribution in [0.2, 0.25) is 5.15 Å². The zero-order valence-corrected chi connectivity index (χ0v) is 13.0. The Bertz CT molecular complexity index is 434. The van der Waals surface area contributed by atoms with Crippen molar-refractivity contribution >= 4 is 23.5 Å². The van der Waals surface area contributed by atoms with Crippen molar-refractivity contribution in [2.75, 3.05) is 5.32 Å². The van der Waals surface area contributed by atoms with Gasteiger partial charge in [-0.05, 0) is 30.7 Å². The lowest BCUT2D eigenvalue weighted by Gasteiger charge is -2.22. The molecular weight excluding hydrogens is 262 g/mol. The molecule has 0 aliphatic carbocycles. The second kappa shape index (κ2) is 6.33. The van der Waals surface area contributed by atoms with E-state index in [1.165, 1.54) is 0 Å². The molecule has 1 atom stereocenters. The third-order valence-electron chi connectivity index (χ3n) is 2.57. The summed E-state index contributed by atoms with van der Waals surface area (Å²) in [5, 5.41) is 3.03. The highest BCUT2D eigenvalue weighted by Gasteiger charge is 2.18. The Labute approximate surface area is 120 Å². The van der Waals surface area contributed by atoms with E-state index in [1.54, 1.807) is 6.07 Å². The highest BCUT2D eigenvalue weighted by molar-refractivity contribution is 6.29. The van der Waals surface area contributed by atoms with Gasteiger partial charge in [0.05, 0.1) is 0 Å². The normalized spacial score (nSPS) is 13.2. The number of carbonyl (C=O) groups excluding carboxylic acids is 1. The van der Waals surface area contributed by atoms with Crippen LogP contribution >= 0.6 is 11.6 Å². The van der Waals surface area contributed by atoms with Gasteiger partial charge in [-0.25, -0.2) is 9.97 Å². The molecule has 1 aromatic rings. The SMILES string of the molecule is Cc1cc(Cl)nc(NC(=O)CC(C)CC(C)(C)C)n1. The summed E-state index contributed by atoms with van der Waals surface area (Å²) < 4.78 is 0. The molecule has 0 fully saturated rings. The molecule has 0 aliphatic rings. The van der Waals surface area contributed by atoms with Crippen LogP contribution < -0.4 is 5.32 Å². The molecule has 1 unspecified atom stereocenters. The lowest BCUT2D eigenvalue weighted by molar-refractivity contribution is -0.117. The van der Waals surface area contributed by atoms with Gasteiger partial charge in [0.2, 0.25) is 11.9 Å². The smallest absolute Gasteiger partial charge is 0.231 e. The van der Waals surface area contributed by atoms with Crippen molar-refractivity contribution in [1.82, 2.24) is 9.97 Å². The van der Waals surface area contributed by atoms with Gasteiger partial charge in [0.25, 0.3) is 0 Å². The van der Waals surface area contributed by atoms with Crippen molar-refractivity contribution in [1.29, 1.82) is 0 Å². The first kappa shape index (κ1) is 15.9. The predicted octanol–water partition coefficient (Wildman–Crippen LogP) is 3.84. The summed E-state index contributed by atoms with van der Waals surface area (Å²) in [5.41, 5.74) is 0.959. The molecule has 1 aromatic heterocycles. The molecule has 4 nitrogen and oxygen atoms in total. The van der Waals surface area contributed by atoms with E-state index in [4.69, 9.17) is 11.6 Å². The second-order valence-electron chi connectivity index (χ2n) is 6.28. The Morgan fingerprint density at radius 1 is 1.42 bits per heavy atom. The summed E-state index contributed by atoms with van der Waals surface area (Å²) in [4.78, 5) is 20.0. The Balaban J connectivity index is 2.55. The van der Waals surface area contributed by atoms with Crippen LogP contribution in [-0.2, 0) is 4.79 Å². The molecule has 1 amide bonds. The van der Waals surface area contributed by atoms with Crippen molar-refractivity contribution < 1.29 is 4.79 Å². The summed E-state index contributed by atoms with van der Waals surface area (Å²) in [6, 6.07) is 1.65. The number of halogens is 1. The van der Waals surface area contributed by atoms with Gasteiger partial charge in [-0.2, -0.15) is 0 Å². The van der Waals surface area contributed by atoms with Gasteiger partial charge in [-0.15, -0.1) is 0 Å². The van der Waals surface area contributed by atoms with E-state index in [9.17, 15) is 4.79 Å². The lowest BCUT2D eigenvalue weighted by atomic mass is 9.84. The van der Waals surface area contributed by atoms with Crippen LogP contribution in [0.4, 0.5) is 5.95 Å². The number of rotatable bonds is 4. The van der Waals surface area contributed by atoms with Gasteiger partial charge in [-0.3, -0.25) is 10.1 Å². The van der Waals surface area contributed by atoms with Crippen molar-refractivity contribution in [3.05, 3.63) is 16.9 Å². The summed E-state index contributed by atoms with van der Waals surface area (Å²) >= 11 is 5.82. The maximum absolute atomic E-state index is 11.9. The summed E-state index contributed by atoms with van der Waals surface area (Å²) in [7, 11) is 0. The van der Waals surface area contributed by atoms with Gasteiger partial charge < -0.3 is 0 Å². The van der Waals surface area contributed by atoms with Gasteiger partial charge in [0.1, 0.15) is 5.15 Å². The Morgan fingerprint density at radius 3 is 2.58 bits per heavy atom. The monoisotopic (exact) mass is 283 g/mol. The molecule has 0 aliphatic heterocycles. The Morgan fingerprint density at radius 2 is 2.05 bits per heavy atom. The minimum atomic E-state index is -0.0709. The fourth-order valence-electron chi connectivity index (χ4n) is 2.20. The third kappa shape index (κ3) is 6.53. The van der Waals surface area contributed by atoms with E-state index in [1.807, 2.05) is 6.92 Å². The van der Waals surface area contributed by atoms with Gasteiger partial charge in [-0.1, -0.05) is 39.3 Å². The predicted molar refractivity (Wildman–Crippen MR) is 78.3 cm³/mol. The van der Waals surface area contributed by atoms with Crippen molar-refractivity contribution in [3.63, 3.8) is 0 Å². The van der Waals surface area contributed by atoms with E-state index in [0.717, 1.165) is 12.1 Å². The minimum Gasteiger partial charge on any atom is -0.294 e. The summed E-state index contributed by atoms with van der Waals surface area (Å²) in [6.07, 6.45) is 1.46. The summed E-state index contributed by atoms with van der Waals surface area (Å²) in [5.74, 6) is 0.525. The molecular formula is C14H22ClN3O. The molecule has 0 bridgehead atoms. The number of carbonyl (C=O) groups is 1. The van der Waals surface area contributed by atoms with Crippen LogP contribution in [0.15, 0.2) is 6.07 Å². The molecule has 0 saturated carbocycles. The lowest BCUT2D eigenvalue weighted by Crippen LogP contribution is -2.20. The number of anilines is 1. The maximum Gasteiger partial charge on any atom is 0.231 e. The molecule has 0 spiro atoms. The van der Waals surface area contributed by atoms with Crippen molar-refractivity contribution in [2.24, 2.45) is 11.3 Å². The fourth-order valence-corrected chi connectivity index (χ4v) is 2.43. The number of nitrogens with one attached hydrogen (secondary N) is 1. The molecule has 19 heavy (non-hydrogen) atoms. The number of aromatic nitrogens is 2. The average Bonchev–Trinajstić information content (AvgIpc) is 2.10. The van der Waals surface area contributed by atoms with E-state index in [2.05, 4.69) is 43.0 Å². The van der Waals surface area contributed by atoms with Crippen LogP contribution in [0.1, 0.15) is 46.2 Å². The van der Waals surface area contributed by atoms with Gasteiger partial charge in [0, 0.05) is 12.1 Å². The highest BCUT2D eigenvalue weighted by Crippen LogP contribution is 2.26. The summed E-state index contributed by atoms with van der Waals surface area (Å²) in [6.45, 7) is 10.4. The molecule has 1 rings (SSSR count). The highest BCUT2D eigenvalue weighted by atomic mass is 35.5. The molecule has 5 heteroatoms. The van der Waals surface area contributed by atoms with E-state index < -0.39 is 0 Å². The van der Waals surface area contributed by atoms with Crippen molar-refractivity contribution in [3.8, 4) is 0 Å². The largest absolute Gasteiger partial charge is 0.294 e. The number of aryl methyl sites for hydroxylation is 1. The Kier molecular flexibility index (Phi) is 5.29. The fraction of sp³-hybridized carbons (Fsp3) is 0.643. The quantitative estimate of drug-likeness (QED) is 0.854. The topological polar surface area (TPSA) is 54.9 Å². The van der Waals surface area contributed by atoms with E-state index in [-0.39, 0.29) is 17.3 Å². The van der Waals surface area contributed by atoms with E-state index >= 15 is 0 Å². The molecule has 0 radical (unpaired) electrons. The number of hydrogen-bond acceptors (Lipinski definition) is 3. The Hall–Kier alpha value is -1.16. The molecule has 1 heterocycles. The molecule has 0 aromatic carbocycles. The molecule has 106 valence electrons. The van der Waals surface area contributed by atoms with Crippen LogP contribution in [-0.4, -0.2) is 15.9 Å². The van der Waals surface area contributed by atoms with Crippen LogP contribution in [0.25, 0.3) is 0 Å². The van der Waals surface area contributed by atoms with Gasteiger partial charge in [0.15, 0.2) is 0 Å². The average molecular weight is 284 g/mol. The van der Waals surface area contributed by atoms with Crippen LogP contribution in [0.3, 0.4) is 0 Å². The van der Waals surface area contributed by atoms with Gasteiger partial charge >= 0.3 is 0 Å². The zero-order chi connectivity index (χ0) is 14.6. The van der Waals surface area contributed by atoms with E-state index in [0.29, 0.717) is 17.5 Å². The third-order valence-corrected chi connectivity index (χ3v) is 2.76. The first-order valence-electron chi connectivity index (χ1n) is 6.47. The number of amides is 1. The number of hydrogen-bond donors (Lipinski definition) is 1. The molecule has 0 saturated heterocycles. The standard InChI is InChI=1S/C14H22ClN3O/c1-9(8-14(3,4)5)6-12(19)18-13-16-10(2)7-11(15)17-13/h7,9H,6,8H2,1-5H3,(H,16,17,18,19). The maximum atomic E-state index is 11.9. The molecule has 1 N–H and O–H groups in total. The first-order valence-corrected chi connectivity index (χ1v) is 6.84. The van der Waals surface area contributed by atoms with Crippen LogP contribution in [0.5, 0.6) is 0 Å². The number of nitrogens with zero attached hydrogens (tertiary/aromatic N) is 2. The van der Waals surface area contributed by atoms with Crippen LogP contribution in [0, 0.1) is 18.3 Å². The second-order valence-corrected chi connectivity index (χ2v) is 6.67. The van der Waals surface area contributed by atoms with Crippen molar-refractivity contribution in [2.45, 2.75) is 47.5 Å². The minimum absolute atomic E-state index is 0.0709. The zero-order valence-electron chi connectivity index (χ0n) is 12.2. The first-order chi connectivity index (χ1) is 8.65.